The molecule has 0 aliphatic carbocycles. The summed E-state index contributed by atoms with van der Waals surface area (Å²) in [5.41, 5.74) is 7.73. The number of para-hydroxylation sites is 1. The summed E-state index contributed by atoms with van der Waals surface area (Å²) >= 11 is 4.86. The highest BCUT2D eigenvalue weighted by Crippen LogP contribution is 2.16. The Morgan fingerprint density at radius 3 is 2.50 bits per heavy atom. The fourth-order valence-electron chi connectivity index (χ4n) is 1.06. The van der Waals surface area contributed by atoms with E-state index in [2.05, 4.69) is 0 Å². The maximum Gasteiger partial charge on any atom is 0.170 e. The van der Waals surface area contributed by atoms with Crippen molar-refractivity contribution in [3.63, 3.8) is 0 Å². The monoisotopic (exact) mass is 180 g/mol. The summed E-state index contributed by atoms with van der Waals surface area (Å²) in [5.74, 6) is 0. The number of hydrogen-bond acceptors (Lipinski definition) is 1. The lowest BCUT2D eigenvalue weighted by Gasteiger charge is -2.18. The molecule has 64 valence electrons. The van der Waals surface area contributed by atoms with Gasteiger partial charge in [-0.2, -0.15) is 0 Å². The van der Waals surface area contributed by atoms with Crippen molar-refractivity contribution in [1.82, 2.24) is 0 Å². The van der Waals surface area contributed by atoms with E-state index in [4.69, 9.17) is 18.0 Å². The molecule has 0 aromatic heterocycles. The van der Waals surface area contributed by atoms with Gasteiger partial charge in [-0.3, -0.25) is 0 Å². The van der Waals surface area contributed by atoms with Gasteiger partial charge in [0.2, 0.25) is 0 Å². The molecule has 3 heteroatoms. The first-order valence-electron chi connectivity index (χ1n) is 3.71. The van der Waals surface area contributed by atoms with Crippen LogP contribution in [0.15, 0.2) is 24.3 Å². The van der Waals surface area contributed by atoms with Crippen molar-refractivity contribution in [2.75, 3.05) is 11.9 Å². The Kier molecular flexibility index (Phi) is 2.65. The summed E-state index contributed by atoms with van der Waals surface area (Å²) in [4.78, 5) is 1.80. The summed E-state index contributed by atoms with van der Waals surface area (Å²) in [7, 11) is 1.87. The Bertz CT molecular complexity index is 296. The number of hydrogen-bond donors (Lipinski definition) is 1. The molecule has 0 amide bonds. The van der Waals surface area contributed by atoms with Gasteiger partial charge < -0.3 is 10.6 Å². The number of aryl methyl sites for hydroxylation is 1. The molecule has 0 radical (unpaired) electrons. The zero-order valence-corrected chi connectivity index (χ0v) is 8.06. The Labute approximate surface area is 78.0 Å². The van der Waals surface area contributed by atoms with E-state index in [9.17, 15) is 0 Å². The van der Waals surface area contributed by atoms with Gasteiger partial charge in [0, 0.05) is 12.7 Å². The summed E-state index contributed by atoms with van der Waals surface area (Å²) in [6.07, 6.45) is 0. The van der Waals surface area contributed by atoms with Crippen LogP contribution in [0, 0.1) is 6.92 Å². The van der Waals surface area contributed by atoms with Crippen molar-refractivity contribution < 1.29 is 0 Å². The van der Waals surface area contributed by atoms with Crippen molar-refractivity contribution in [3.05, 3.63) is 29.8 Å². The van der Waals surface area contributed by atoms with Gasteiger partial charge in [-0.1, -0.05) is 18.2 Å². The first-order valence-corrected chi connectivity index (χ1v) is 4.12. The average molecular weight is 180 g/mol. The first kappa shape index (κ1) is 9.00. The number of rotatable bonds is 1. The van der Waals surface area contributed by atoms with Crippen LogP contribution in [0.5, 0.6) is 0 Å². The molecule has 0 aliphatic rings. The van der Waals surface area contributed by atoms with E-state index in [0.717, 1.165) is 5.69 Å². The van der Waals surface area contributed by atoms with Crippen molar-refractivity contribution >= 4 is 23.0 Å². The van der Waals surface area contributed by atoms with E-state index in [-0.39, 0.29) is 0 Å². The molecule has 1 rings (SSSR count). The molecule has 0 unspecified atom stereocenters. The van der Waals surface area contributed by atoms with E-state index < -0.39 is 0 Å². The molecule has 0 spiro atoms. The molecule has 0 fully saturated rings. The van der Waals surface area contributed by atoms with E-state index >= 15 is 0 Å². The zero-order valence-electron chi connectivity index (χ0n) is 7.24. The van der Waals surface area contributed by atoms with Gasteiger partial charge in [0.15, 0.2) is 5.11 Å². The standard InChI is InChI=1S/C9H12N2S/c1-7-5-3-4-6-8(7)11(2)9(10)12/h3-6H,1-2H3,(H2,10,12). The summed E-state index contributed by atoms with van der Waals surface area (Å²) < 4.78 is 0. The summed E-state index contributed by atoms with van der Waals surface area (Å²) in [6.45, 7) is 2.03. The van der Waals surface area contributed by atoms with E-state index in [1.54, 1.807) is 4.90 Å². The molecule has 0 heterocycles. The van der Waals surface area contributed by atoms with Gasteiger partial charge in [0.05, 0.1) is 0 Å². The third-order valence-electron chi connectivity index (χ3n) is 1.81. The number of benzene rings is 1. The first-order chi connectivity index (χ1) is 5.63. The van der Waals surface area contributed by atoms with Crippen LogP contribution < -0.4 is 10.6 Å². The molecule has 0 aliphatic heterocycles. The average Bonchev–Trinajstić information content (AvgIpc) is 2.04. The number of anilines is 1. The minimum Gasteiger partial charge on any atom is -0.376 e. The van der Waals surface area contributed by atoms with Crippen molar-refractivity contribution in [3.8, 4) is 0 Å². The van der Waals surface area contributed by atoms with Crippen LogP contribution in [0.25, 0.3) is 0 Å². The molecule has 0 bridgehead atoms. The molecule has 0 atom stereocenters. The summed E-state index contributed by atoms with van der Waals surface area (Å²) in [5, 5.41) is 0.393. The second kappa shape index (κ2) is 3.54. The zero-order chi connectivity index (χ0) is 9.14. The van der Waals surface area contributed by atoms with Gasteiger partial charge in [-0.25, -0.2) is 0 Å². The van der Waals surface area contributed by atoms with Crippen LogP contribution in [-0.2, 0) is 0 Å². The molecule has 0 saturated heterocycles. The third kappa shape index (κ3) is 1.74. The van der Waals surface area contributed by atoms with Crippen LogP contribution in [0.1, 0.15) is 5.56 Å². The highest BCUT2D eigenvalue weighted by molar-refractivity contribution is 7.80. The molecule has 12 heavy (non-hydrogen) atoms. The predicted octanol–water partition coefficient (Wildman–Crippen LogP) is 1.67. The highest BCUT2D eigenvalue weighted by Gasteiger charge is 2.04. The maximum atomic E-state index is 5.49. The van der Waals surface area contributed by atoms with Gasteiger partial charge in [0.1, 0.15) is 0 Å². The molecule has 0 saturated carbocycles. The third-order valence-corrected chi connectivity index (χ3v) is 2.08. The minimum absolute atomic E-state index is 0.393. The molecular formula is C9H12N2S. The van der Waals surface area contributed by atoms with E-state index in [0.29, 0.717) is 5.11 Å². The highest BCUT2D eigenvalue weighted by atomic mass is 32.1. The second-order valence-corrected chi connectivity index (χ2v) is 3.10. The fraction of sp³-hybridized carbons (Fsp3) is 0.222. The lowest BCUT2D eigenvalue weighted by molar-refractivity contribution is 1.23. The van der Waals surface area contributed by atoms with Gasteiger partial charge in [-0.15, -0.1) is 0 Å². The number of thiocarbonyl (C=S) groups is 1. The molecule has 2 nitrogen and oxygen atoms in total. The molecule has 1 aromatic carbocycles. The summed E-state index contributed by atoms with van der Waals surface area (Å²) in [6, 6.07) is 7.99. The van der Waals surface area contributed by atoms with Gasteiger partial charge in [-0.05, 0) is 30.8 Å². The molecule has 2 N–H and O–H groups in total. The second-order valence-electron chi connectivity index (χ2n) is 2.68. The number of nitrogens with two attached hydrogens (primary N) is 1. The topological polar surface area (TPSA) is 29.3 Å². The lowest BCUT2D eigenvalue weighted by atomic mass is 10.2. The Hall–Kier alpha value is -1.09. The van der Waals surface area contributed by atoms with E-state index in [1.807, 2.05) is 38.2 Å². The van der Waals surface area contributed by atoms with Gasteiger partial charge >= 0.3 is 0 Å². The van der Waals surface area contributed by atoms with Crippen molar-refractivity contribution in [2.24, 2.45) is 5.73 Å². The number of nitrogens with zero attached hydrogens (tertiary/aromatic N) is 1. The fourth-order valence-corrected chi connectivity index (χ4v) is 1.16. The molecular weight excluding hydrogens is 168 g/mol. The SMILES string of the molecule is Cc1ccccc1N(C)C(N)=S. The largest absolute Gasteiger partial charge is 0.376 e. The predicted molar refractivity (Wildman–Crippen MR) is 56.4 cm³/mol. The van der Waals surface area contributed by atoms with E-state index in [1.165, 1.54) is 5.56 Å². The Morgan fingerprint density at radius 1 is 1.42 bits per heavy atom. The maximum absolute atomic E-state index is 5.49. The van der Waals surface area contributed by atoms with Gasteiger partial charge in [0.25, 0.3) is 0 Å². The Morgan fingerprint density at radius 2 is 2.00 bits per heavy atom. The van der Waals surface area contributed by atoms with Crippen LogP contribution in [-0.4, -0.2) is 12.2 Å². The Balaban J connectivity index is 3.02. The van der Waals surface area contributed by atoms with Crippen LogP contribution in [0.2, 0.25) is 0 Å². The molecule has 1 aromatic rings. The van der Waals surface area contributed by atoms with Crippen molar-refractivity contribution in [2.45, 2.75) is 6.92 Å². The van der Waals surface area contributed by atoms with Crippen LogP contribution >= 0.6 is 12.2 Å². The van der Waals surface area contributed by atoms with Crippen LogP contribution in [0.3, 0.4) is 0 Å². The normalized spacial score (nSPS) is 9.50. The smallest absolute Gasteiger partial charge is 0.170 e. The quantitative estimate of drug-likeness (QED) is 0.667. The minimum atomic E-state index is 0.393. The van der Waals surface area contributed by atoms with Crippen LogP contribution in [0.4, 0.5) is 5.69 Å². The van der Waals surface area contributed by atoms with Crippen molar-refractivity contribution in [1.29, 1.82) is 0 Å². The lowest BCUT2D eigenvalue weighted by Crippen LogP contribution is -2.31.